The van der Waals surface area contributed by atoms with E-state index in [1.54, 1.807) is 0 Å². The zero-order chi connectivity index (χ0) is 9.80. The van der Waals surface area contributed by atoms with E-state index >= 15 is 0 Å². The first kappa shape index (κ1) is 8.82. The van der Waals surface area contributed by atoms with E-state index in [1.807, 2.05) is 18.2 Å². The Bertz CT molecular complexity index is 394. The van der Waals surface area contributed by atoms with Gasteiger partial charge >= 0.3 is 0 Å². The maximum atomic E-state index is 5.64. The van der Waals surface area contributed by atoms with Crippen LogP contribution >= 0.6 is 0 Å². The Hall–Kier alpha value is -1.76. The highest BCUT2D eigenvalue weighted by molar-refractivity contribution is 5.70. The van der Waals surface area contributed by atoms with Gasteiger partial charge in [-0.2, -0.15) is 0 Å². The minimum Gasteiger partial charge on any atom is -0.399 e. The topological polar surface area (TPSA) is 26.0 Å². The molecule has 0 bridgehead atoms. The van der Waals surface area contributed by atoms with Crippen LogP contribution in [0.1, 0.15) is 12.0 Å². The van der Waals surface area contributed by atoms with Crippen LogP contribution in [0.15, 0.2) is 54.6 Å². The molecule has 2 rings (SSSR count). The van der Waals surface area contributed by atoms with Crippen molar-refractivity contribution in [2.45, 2.75) is 6.42 Å². The standard InChI is InChI=1S/C13H13N/c14-13-9-7-12(8-10-13)11-5-3-1-2-4-6-11/h1-5,7-10H,6,14H2. The summed E-state index contributed by atoms with van der Waals surface area (Å²) < 4.78 is 0. The molecule has 0 radical (unpaired) electrons. The van der Waals surface area contributed by atoms with E-state index in [4.69, 9.17) is 5.73 Å². The van der Waals surface area contributed by atoms with E-state index < -0.39 is 0 Å². The number of nitrogen functional groups attached to an aromatic ring is 1. The Morgan fingerprint density at radius 3 is 2.50 bits per heavy atom. The van der Waals surface area contributed by atoms with Gasteiger partial charge in [0.1, 0.15) is 0 Å². The van der Waals surface area contributed by atoms with Crippen molar-refractivity contribution < 1.29 is 0 Å². The maximum Gasteiger partial charge on any atom is 0.0314 e. The van der Waals surface area contributed by atoms with E-state index in [2.05, 4.69) is 36.4 Å². The average molecular weight is 183 g/mol. The molecular weight excluding hydrogens is 170 g/mol. The number of nitrogens with two attached hydrogens (primary N) is 1. The number of allylic oxidation sites excluding steroid dienone is 6. The largest absolute Gasteiger partial charge is 0.399 e. The minimum absolute atomic E-state index is 0.814. The smallest absolute Gasteiger partial charge is 0.0314 e. The van der Waals surface area contributed by atoms with Crippen LogP contribution < -0.4 is 5.73 Å². The third-order valence-electron chi connectivity index (χ3n) is 2.27. The molecule has 0 heterocycles. The lowest BCUT2D eigenvalue weighted by Crippen LogP contribution is -1.86. The number of rotatable bonds is 1. The molecule has 1 aromatic rings. The predicted octanol–water partition coefficient (Wildman–Crippen LogP) is 3.17. The fourth-order valence-corrected chi connectivity index (χ4v) is 1.49. The molecule has 1 nitrogen and oxygen atoms in total. The molecule has 14 heavy (non-hydrogen) atoms. The second-order valence-electron chi connectivity index (χ2n) is 3.33. The van der Waals surface area contributed by atoms with Crippen LogP contribution in [0.25, 0.3) is 5.57 Å². The molecular formula is C13H13N. The number of anilines is 1. The van der Waals surface area contributed by atoms with Crippen LogP contribution in [0.4, 0.5) is 5.69 Å². The number of hydrogen-bond donors (Lipinski definition) is 1. The van der Waals surface area contributed by atoms with Crippen molar-refractivity contribution in [1.29, 1.82) is 0 Å². The second kappa shape index (κ2) is 3.97. The van der Waals surface area contributed by atoms with Crippen LogP contribution in [0.5, 0.6) is 0 Å². The first-order chi connectivity index (χ1) is 6.86. The van der Waals surface area contributed by atoms with Gasteiger partial charge in [0.2, 0.25) is 0 Å². The molecule has 1 aromatic carbocycles. The maximum absolute atomic E-state index is 5.64. The van der Waals surface area contributed by atoms with E-state index in [0.29, 0.717) is 0 Å². The molecule has 0 spiro atoms. The van der Waals surface area contributed by atoms with Crippen LogP contribution in [-0.4, -0.2) is 0 Å². The third-order valence-corrected chi connectivity index (χ3v) is 2.27. The molecule has 0 fully saturated rings. The Morgan fingerprint density at radius 2 is 1.71 bits per heavy atom. The van der Waals surface area contributed by atoms with Gasteiger partial charge in [-0.3, -0.25) is 0 Å². The summed E-state index contributed by atoms with van der Waals surface area (Å²) in [7, 11) is 0. The van der Waals surface area contributed by atoms with E-state index in [9.17, 15) is 0 Å². The van der Waals surface area contributed by atoms with Crippen molar-refractivity contribution in [2.24, 2.45) is 0 Å². The summed E-state index contributed by atoms with van der Waals surface area (Å²) >= 11 is 0. The predicted molar refractivity (Wildman–Crippen MR) is 61.7 cm³/mol. The van der Waals surface area contributed by atoms with Gasteiger partial charge in [-0.15, -0.1) is 0 Å². The molecule has 0 aliphatic heterocycles. The normalized spacial score (nSPS) is 15.0. The summed E-state index contributed by atoms with van der Waals surface area (Å²) in [5, 5.41) is 0. The molecule has 0 aromatic heterocycles. The molecule has 0 saturated heterocycles. The molecule has 0 saturated carbocycles. The van der Waals surface area contributed by atoms with Crippen molar-refractivity contribution in [2.75, 3.05) is 5.73 Å². The monoisotopic (exact) mass is 183 g/mol. The lowest BCUT2D eigenvalue weighted by molar-refractivity contribution is 1.40. The highest BCUT2D eigenvalue weighted by Gasteiger charge is 1.99. The zero-order valence-electron chi connectivity index (χ0n) is 7.98. The molecule has 1 aliphatic rings. The molecule has 1 heteroatoms. The van der Waals surface area contributed by atoms with Crippen molar-refractivity contribution in [3.05, 3.63) is 60.2 Å². The van der Waals surface area contributed by atoms with E-state index in [0.717, 1.165) is 12.1 Å². The summed E-state index contributed by atoms with van der Waals surface area (Å²) in [6, 6.07) is 8.01. The molecule has 70 valence electrons. The zero-order valence-corrected chi connectivity index (χ0v) is 7.98. The van der Waals surface area contributed by atoms with E-state index in [-0.39, 0.29) is 0 Å². The lowest BCUT2D eigenvalue weighted by Gasteiger charge is -2.03. The highest BCUT2D eigenvalue weighted by atomic mass is 14.5. The highest BCUT2D eigenvalue weighted by Crippen LogP contribution is 2.21. The Morgan fingerprint density at radius 1 is 0.929 bits per heavy atom. The summed E-state index contributed by atoms with van der Waals surface area (Å²) in [5.74, 6) is 0. The number of hydrogen-bond acceptors (Lipinski definition) is 1. The summed E-state index contributed by atoms with van der Waals surface area (Å²) in [6.07, 6.45) is 11.5. The van der Waals surface area contributed by atoms with Crippen molar-refractivity contribution in [3.63, 3.8) is 0 Å². The number of benzene rings is 1. The summed E-state index contributed by atoms with van der Waals surface area (Å²) in [5.41, 5.74) is 9.03. The molecule has 0 atom stereocenters. The van der Waals surface area contributed by atoms with Gasteiger partial charge in [0.15, 0.2) is 0 Å². The van der Waals surface area contributed by atoms with Crippen LogP contribution in [-0.2, 0) is 0 Å². The van der Waals surface area contributed by atoms with Gasteiger partial charge in [0, 0.05) is 5.69 Å². The second-order valence-corrected chi connectivity index (χ2v) is 3.33. The van der Waals surface area contributed by atoms with Crippen molar-refractivity contribution in [1.82, 2.24) is 0 Å². The van der Waals surface area contributed by atoms with Gasteiger partial charge in [0.25, 0.3) is 0 Å². The SMILES string of the molecule is Nc1ccc(C2=CC=CC=CC2)cc1. The van der Waals surface area contributed by atoms with Gasteiger partial charge in [-0.25, -0.2) is 0 Å². The summed E-state index contributed by atoms with van der Waals surface area (Å²) in [6.45, 7) is 0. The molecule has 0 amide bonds. The van der Waals surface area contributed by atoms with Crippen LogP contribution in [0, 0.1) is 0 Å². The first-order valence-corrected chi connectivity index (χ1v) is 4.74. The van der Waals surface area contributed by atoms with Gasteiger partial charge in [0.05, 0.1) is 0 Å². The molecule has 2 N–H and O–H groups in total. The van der Waals surface area contributed by atoms with Gasteiger partial charge in [-0.1, -0.05) is 42.5 Å². The average Bonchev–Trinajstić information content (AvgIpc) is 2.47. The fourth-order valence-electron chi connectivity index (χ4n) is 1.49. The molecule has 0 unspecified atom stereocenters. The Balaban J connectivity index is 2.31. The quantitative estimate of drug-likeness (QED) is 0.665. The third kappa shape index (κ3) is 1.94. The van der Waals surface area contributed by atoms with Gasteiger partial charge in [-0.05, 0) is 29.7 Å². The first-order valence-electron chi connectivity index (χ1n) is 4.74. The van der Waals surface area contributed by atoms with Crippen molar-refractivity contribution >= 4 is 11.3 Å². The van der Waals surface area contributed by atoms with Gasteiger partial charge < -0.3 is 5.73 Å². The summed E-state index contributed by atoms with van der Waals surface area (Å²) in [4.78, 5) is 0. The lowest BCUT2D eigenvalue weighted by atomic mass is 10.0. The minimum atomic E-state index is 0.814. The fraction of sp³-hybridized carbons (Fsp3) is 0.0769. The Kier molecular flexibility index (Phi) is 2.50. The van der Waals surface area contributed by atoms with Crippen LogP contribution in [0.3, 0.4) is 0 Å². The van der Waals surface area contributed by atoms with Crippen LogP contribution in [0.2, 0.25) is 0 Å². The Labute approximate surface area is 84.3 Å². The van der Waals surface area contributed by atoms with Crippen molar-refractivity contribution in [3.8, 4) is 0 Å². The van der Waals surface area contributed by atoms with E-state index in [1.165, 1.54) is 11.1 Å². The molecule has 1 aliphatic carbocycles.